The van der Waals surface area contributed by atoms with Crippen molar-refractivity contribution in [3.8, 4) is 0 Å². The van der Waals surface area contributed by atoms with Gasteiger partial charge >= 0.3 is 0 Å². The van der Waals surface area contributed by atoms with Gasteiger partial charge in [0, 0.05) is 120 Å². The summed E-state index contributed by atoms with van der Waals surface area (Å²) in [5, 5.41) is 61.3. The van der Waals surface area contributed by atoms with Gasteiger partial charge in [-0.1, -0.05) is 0 Å². The zero-order chi connectivity index (χ0) is 56.7. The van der Waals surface area contributed by atoms with Crippen molar-refractivity contribution in [3.63, 3.8) is 0 Å². The summed E-state index contributed by atoms with van der Waals surface area (Å²) in [6.07, 6.45) is 11.9. The average molecular weight is 1120 g/mol. The van der Waals surface area contributed by atoms with Gasteiger partial charge in [-0.05, 0) is 163 Å². The Hall–Kier alpha value is -7.54. The second-order valence-electron chi connectivity index (χ2n) is 18.5. The standard InChI is InChI=1S/C17H25N7.C12H16N4O2.C12H20N4.C7H5N3O2.C5H12ClN.ClH/c1-19-16-7-9-21-17(23-16)22-14-6-5-13(12-18)15(11-14)20-8-4-10-24(2)3;1-14(2)6-3-7-15-12-8-11(16(17)18)5-4-10(12)9-13-15;1-16(2)7-3-6-15-12-8-11(14)5-4-10(12)9-13;11-10(12)6-2-1-5-4-8-9-7(5)3-6;1-7(2)5-3-4-6;/h5-7,9,11-12,18,20H,4,8,10H2,1-3H3,(H2,19,21,22,23);4-5,8-9H,3,6-7H2,1-2H3;4-5,8-9,13,15H,3,6-7,14H2,1-2H3;1-4H,(H,8,9);3-5H2,1-2H3;1H. The van der Waals surface area contributed by atoms with Crippen LogP contribution in [0.1, 0.15) is 36.8 Å². The Morgan fingerprint density at radius 3 is 1.81 bits per heavy atom. The number of halogens is 2. The van der Waals surface area contributed by atoms with Gasteiger partial charge in [0.1, 0.15) is 5.82 Å². The highest BCUT2D eigenvalue weighted by molar-refractivity contribution is 6.17. The molecule has 7 aromatic rings. The molecule has 23 nitrogen and oxygen atoms in total. The van der Waals surface area contributed by atoms with Gasteiger partial charge in [0.2, 0.25) is 5.95 Å². The van der Waals surface area contributed by atoms with Crippen LogP contribution in [0, 0.1) is 31.0 Å². The molecule has 4 aromatic carbocycles. The number of H-pyrrole nitrogens is 1. The predicted octanol–water partition coefficient (Wildman–Crippen LogP) is 9.22. The fraction of sp³-hybridized carbons (Fsp3) is 0.396. The van der Waals surface area contributed by atoms with Crippen molar-refractivity contribution in [3.05, 3.63) is 129 Å². The number of aromatic amines is 1. The maximum atomic E-state index is 10.8. The van der Waals surface area contributed by atoms with Crippen molar-refractivity contribution in [2.45, 2.75) is 32.2 Å². The molecule has 0 aliphatic rings. The van der Waals surface area contributed by atoms with E-state index in [2.05, 4.69) is 94.3 Å². The van der Waals surface area contributed by atoms with Gasteiger partial charge in [-0.15, -0.1) is 24.0 Å². The number of nitro groups is 2. The number of hydrogen-bond donors (Lipinski definition) is 8. The normalized spacial score (nSPS) is 10.5. The van der Waals surface area contributed by atoms with E-state index in [1.807, 2.05) is 76.3 Å². The van der Waals surface area contributed by atoms with Crippen molar-refractivity contribution < 1.29 is 9.85 Å². The van der Waals surface area contributed by atoms with Gasteiger partial charge in [0.25, 0.3) is 11.4 Å². The smallest absolute Gasteiger partial charge is 0.271 e. The number of rotatable bonds is 24. The number of nitrogens with zero attached hydrogens (tertiary/aromatic N) is 11. The molecule has 3 aromatic heterocycles. The van der Waals surface area contributed by atoms with Crippen LogP contribution >= 0.6 is 24.0 Å². The Morgan fingerprint density at radius 2 is 1.26 bits per heavy atom. The average Bonchev–Trinajstić information content (AvgIpc) is 4.07. The molecule has 0 saturated heterocycles. The Labute approximate surface area is 469 Å². The number of nitrogen functional groups attached to an aromatic ring is 1. The SMILES string of the molecule is CN(C)CCCCl.CN(C)CCCNc1cc(N)ccc1C=N.CN(C)CCCn1ncc2ccc([N+](=O)[O-])cc21.CNc1ccnc(Nc2ccc(C=N)c(NCCCN(C)C)c2)n1.Cl.O=[N+]([O-])c1ccc2cn[nH]c2c1. The molecule has 0 aliphatic heterocycles. The Balaban J connectivity index is 0.000000347. The molecule has 0 radical (unpaired) electrons. The van der Waals surface area contributed by atoms with Gasteiger partial charge in [-0.3, -0.25) is 30.0 Å². The maximum absolute atomic E-state index is 10.8. The number of anilines is 6. The van der Waals surface area contributed by atoms with Crippen LogP contribution in [0.2, 0.25) is 0 Å². The van der Waals surface area contributed by atoms with E-state index < -0.39 is 4.92 Å². The van der Waals surface area contributed by atoms with E-state index in [4.69, 9.17) is 28.2 Å². The molecule has 0 spiro atoms. The molecule has 0 saturated carbocycles. The number of alkyl halides is 1. The maximum Gasteiger partial charge on any atom is 0.271 e. The first-order valence-electron chi connectivity index (χ1n) is 25.0. The van der Waals surface area contributed by atoms with Crippen molar-refractivity contribution in [2.24, 2.45) is 0 Å². The summed E-state index contributed by atoms with van der Waals surface area (Å²) in [5.41, 5.74) is 12.6. The largest absolute Gasteiger partial charge is 0.399 e. The van der Waals surface area contributed by atoms with Crippen LogP contribution in [0.25, 0.3) is 21.8 Å². The summed E-state index contributed by atoms with van der Waals surface area (Å²) in [7, 11) is 18.2. The van der Waals surface area contributed by atoms with Crippen molar-refractivity contribution >= 4 is 104 Å². The van der Waals surface area contributed by atoms with E-state index in [9.17, 15) is 20.2 Å². The number of non-ortho nitro benzene ring substituents is 2. The minimum atomic E-state index is -0.430. The van der Waals surface area contributed by atoms with Crippen LogP contribution in [-0.2, 0) is 6.54 Å². The van der Waals surface area contributed by atoms with Gasteiger partial charge < -0.3 is 57.4 Å². The highest BCUT2D eigenvalue weighted by Crippen LogP contribution is 2.24. The molecule has 0 unspecified atom stereocenters. The third-order valence-corrected chi connectivity index (χ3v) is 11.3. The second-order valence-corrected chi connectivity index (χ2v) is 18.9. The highest BCUT2D eigenvalue weighted by atomic mass is 35.5. The first-order valence-corrected chi connectivity index (χ1v) is 25.5. The number of aromatic nitrogens is 6. The van der Waals surface area contributed by atoms with Gasteiger partial charge in [0.05, 0.1) is 33.3 Å². The van der Waals surface area contributed by atoms with E-state index in [-0.39, 0.29) is 28.7 Å². The number of hydrogen-bond acceptors (Lipinski definition) is 19. The van der Waals surface area contributed by atoms with Crippen LogP contribution in [0.3, 0.4) is 0 Å². The van der Waals surface area contributed by atoms with Crippen molar-refractivity contribution in [1.29, 1.82) is 10.8 Å². The number of nitro benzene ring substituents is 2. The van der Waals surface area contributed by atoms with E-state index in [0.717, 1.165) is 133 Å². The molecule has 0 bridgehead atoms. The quantitative estimate of drug-likeness (QED) is 0.00698. The number of fused-ring (bicyclic) bond motifs is 2. The van der Waals surface area contributed by atoms with Crippen LogP contribution in [-0.4, -0.2) is 180 Å². The van der Waals surface area contributed by atoms with E-state index in [1.54, 1.807) is 42.9 Å². The van der Waals surface area contributed by atoms with Gasteiger partial charge in [-0.2, -0.15) is 15.2 Å². The Morgan fingerprint density at radius 1 is 0.705 bits per heavy atom. The Bertz CT molecular complexity index is 2880. The predicted molar refractivity (Wildman–Crippen MR) is 325 cm³/mol. The van der Waals surface area contributed by atoms with E-state index >= 15 is 0 Å². The summed E-state index contributed by atoms with van der Waals surface area (Å²) >= 11 is 5.42. The third kappa shape index (κ3) is 25.1. The first-order chi connectivity index (χ1) is 36.9. The lowest BCUT2D eigenvalue weighted by atomic mass is 10.1. The van der Waals surface area contributed by atoms with Crippen LogP contribution in [0.5, 0.6) is 0 Å². The minimum Gasteiger partial charge on any atom is -0.399 e. The Kier molecular flexibility index (Phi) is 31.1. The molecule has 78 heavy (non-hydrogen) atoms. The summed E-state index contributed by atoms with van der Waals surface area (Å²) in [4.78, 5) is 37.4. The summed E-state index contributed by atoms with van der Waals surface area (Å²) < 4.78 is 1.83. The zero-order valence-electron chi connectivity index (χ0n) is 46.3. The zero-order valence-corrected chi connectivity index (χ0v) is 47.9. The number of nitrogens with one attached hydrogen (secondary N) is 7. The lowest BCUT2D eigenvalue weighted by Crippen LogP contribution is -2.16. The van der Waals surface area contributed by atoms with Crippen LogP contribution in [0.4, 0.5) is 45.9 Å². The van der Waals surface area contributed by atoms with E-state index in [0.29, 0.717) is 11.5 Å². The number of nitrogens with two attached hydrogens (primary N) is 1. The molecule has 0 amide bonds. The molecule has 25 heteroatoms. The molecular weight excluding hydrogens is 1040 g/mol. The second kappa shape index (κ2) is 36.5. The number of aryl methyl sites for hydroxylation is 1. The molecule has 0 aliphatic carbocycles. The molecular formula is C53H79Cl2N19O4. The minimum absolute atomic E-state index is 0. The molecule has 0 atom stereocenters. The van der Waals surface area contributed by atoms with Crippen molar-refractivity contribution in [2.75, 3.05) is 136 Å². The number of benzene rings is 4. The van der Waals surface area contributed by atoms with Gasteiger partial charge in [-0.25, -0.2) is 4.98 Å². The fourth-order valence-corrected chi connectivity index (χ4v) is 7.11. The fourth-order valence-electron chi connectivity index (χ4n) is 6.99. The summed E-state index contributed by atoms with van der Waals surface area (Å²) in [5.74, 6) is 2.06. The topological polar surface area (TPSA) is 293 Å². The van der Waals surface area contributed by atoms with Crippen LogP contribution in [0.15, 0.2) is 97.5 Å². The van der Waals surface area contributed by atoms with E-state index in [1.165, 1.54) is 30.6 Å². The molecule has 3 heterocycles. The molecule has 424 valence electrons. The highest BCUT2D eigenvalue weighted by Gasteiger charge is 2.11. The summed E-state index contributed by atoms with van der Waals surface area (Å²) in [6, 6.07) is 22.6. The van der Waals surface area contributed by atoms with Crippen molar-refractivity contribution in [1.82, 2.24) is 49.5 Å². The van der Waals surface area contributed by atoms with Crippen LogP contribution < -0.4 is 27.0 Å². The molecule has 7 rings (SSSR count). The summed E-state index contributed by atoms with van der Waals surface area (Å²) in [6.45, 7) is 6.66. The molecule has 0 fully saturated rings. The lowest BCUT2D eigenvalue weighted by Gasteiger charge is -2.14. The first kappa shape index (κ1) is 66.6. The lowest BCUT2D eigenvalue weighted by molar-refractivity contribution is -0.384. The third-order valence-electron chi connectivity index (χ3n) is 11.0. The van der Waals surface area contributed by atoms with Gasteiger partial charge in [0.15, 0.2) is 0 Å². The molecule has 9 N–H and O–H groups in total. The monoisotopic (exact) mass is 1120 g/mol.